The lowest BCUT2D eigenvalue weighted by Crippen LogP contribution is -2.19. The highest BCUT2D eigenvalue weighted by Gasteiger charge is 2.12. The minimum absolute atomic E-state index is 0.0361. The zero-order valence-corrected chi connectivity index (χ0v) is 9.19. The van der Waals surface area contributed by atoms with Crippen molar-refractivity contribution >= 4 is 0 Å². The van der Waals surface area contributed by atoms with E-state index in [1.165, 1.54) is 0 Å². The van der Waals surface area contributed by atoms with Crippen molar-refractivity contribution in [1.82, 2.24) is 5.32 Å². The van der Waals surface area contributed by atoms with Gasteiger partial charge < -0.3 is 14.8 Å². The first-order chi connectivity index (χ1) is 7.79. The van der Waals surface area contributed by atoms with E-state index in [-0.39, 0.29) is 5.92 Å². The maximum Gasteiger partial charge on any atom is 0.231 e. The van der Waals surface area contributed by atoms with Gasteiger partial charge in [-0.15, -0.1) is 0 Å². The molecule has 4 heteroatoms. The van der Waals surface area contributed by atoms with Gasteiger partial charge in [-0.3, -0.25) is 0 Å². The standard InChI is InChI=1S/C12H14N2O2/c1-9(5-13)6-14-7-10-2-3-11-12(4-10)16-8-15-11/h2-4,9,14H,6-8H2,1H3. The third-order valence-corrected chi connectivity index (χ3v) is 2.44. The molecular formula is C12H14N2O2. The predicted molar refractivity (Wildman–Crippen MR) is 59.0 cm³/mol. The van der Waals surface area contributed by atoms with E-state index in [4.69, 9.17) is 14.7 Å². The molecule has 1 N–H and O–H groups in total. The molecule has 0 amide bonds. The van der Waals surface area contributed by atoms with Crippen LogP contribution in [-0.4, -0.2) is 13.3 Å². The molecule has 1 aliphatic heterocycles. The Morgan fingerprint density at radius 3 is 3.06 bits per heavy atom. The lowest BCUT2D eigenvalue weighted by molar-refractivity contribution is 0.174. The van der Waals surface area contributed by atoms with E-state index in [0.29, 0.717) is 13.3 Å². The van der Waals surface area contributed by atoms with Crippen molar-refractivity contribution in [2.75, 3.05) is 13.3 Å². The van der Waals surface area contributed by atoms with Crippen molar-refractivity contribution in [3.63, 3.8) is 0 Å². The van der Waals surface area contributed by atoms with Gasteiger partial charge >= 0.3 is 0 Å². The van der Waals surface area contributed by atoms with Gasteiger partial charge in [-0.25, -0.2) is 0 Å². The Bertz CT molecular complexity index is 412. The summed E-state index contributed by atoms with van der Waals surface area (Å²) >= 11 is 0. The molecule has 1 aliphatic rings. The van der Waals surface area contributed by atoms with Gasteiger partial charge in [-0.05, 0) is 24.6 Å². The topological polar surface area (TPSA) is 54.3 Å². The van der Waals surface area contributed by atoms with Crippen LogP contribution >= 0.6 is 0 Å². The minimum Gasteiger partial charge on any atom is -0.454 e. The zero-order valence-electron chi connectivity index (χ0n) is 9.19. The fourth-order valence-corrected chi connectivity index (χ4v) is 1.53. The van der Waals surface area contributed by atoms with Gasteiger partial charge in [0.1, 0.15) is 0 Å². The van der Waals surface area contributed by atoms with Crippen molar-refractivity contribution in [2.45, 2.75) is 13.5 Å². The first-order valence-corrected chi connectivity index (χ1v) is 5.28. The summed E-state index contributed by atoms with van der Waals surface area (Å²) in [5, 5.41) is 11.9. The number of benzene rings is 1. The number of hydrogen-bond acceptors (Lipinski definition) is 4. The Hall–Kier alpha value is -1.73. The van der Waals surface area contributed by atoms with Crippen LogP contribution in [0.25, 0.3) is 0 Å². The smallest absolute Gasteiger partial charge is 0.231 e. The first kappa shape index (κ1) is 10.8. The van der Waals surface area contributed by atoms with Crippen molar-refractivity contribution in [3.8, 4) is 17.6 Å². The second kappa shape index (κ2) is 4.86. The Morgan fingerprint density at radius 1 is 1.44 bits per heavy atom. The minimum atomic E-state index is 0.0361. The zero-order chi connectivity index (χ0) is 11.4. The van der Waals surface area contributed by atoms with Gasteiger partial charge in [0.25, 0.3) is 0 Å². The van der Waals surface area contributed by atoms with E-state index in [1.807, 2.05) is 25.1 Å². The van der Waals surface area contributed by atoms with Crippen molar-refractivity contribution in [1.29, 1.82) is 5.26 Å². The Labute approximate surface area is 94.8 Å². The molecule has 1 heterocycles. The van der Waals surface area contributed by atoms with Crippen LogP contribution in [0.5, 0.6) is 11.5 Å². The lowest BCUT2D eigenvalue weighted by atomic mass is 10.2. The van der Waals surface area contributed by atoms with E-state index in [9.17, 15) is 0 Å². The molecule has 0 spiro atoms. The SMILES string of the molecule is CC(C#N)CNCc1ccc2c(c1)OCO2. The summed E-state index contributed by atoms with van der Waals surface area (Å²) in [5.74, 6) is 1.63. The largest absolute Gasteiger partial charge is 0.454 e. The molecular weight excluding hydrogens is 204 g/mol. The molecule has 0 saturated heterocycles. The van der Waals surface area contributed by atoms with Gasteiger partial charge in [0.2, 0.25) is 6.79 Å². The molecule has 0 aliphatic carbocycles. The monoisotopic (exact) mass is 218 g/mol. The van der Waals surface area contributed by atoms with E-state index in [0.717, 1.165) is 23.6 Å². The van der Waals surface area contributed by atoms with Crippen molar-refractivity contribution < 1.29 is 9.47 Å². The maximum atomic E-state index is 8.63. The van der Waals surface area contributed by atoms with E-state index in [1.54, 1.807) is 0 Å². The van der Waals surface area contributed by atoms with Gasteiger partial charge in [-0.2, -0.15) is 5.26 Å². The number of fused-ring (bicyclic) bond motifs is 1. The van der Waals surface area contributed by atoms with E-state index >= 15 is 0 Å². The number of rotatable bonds is 4. The average molecular weight is 218 g/mol. The summed E-state index contributed by atoms with van der Waals surface area (Å²) < 4.78 is 10.5. The number of nitrogens with one attached hydrogen (secondary N) is 1. The molecule has 0 radical (unpaired) electrons. The third kappa shape index (κ3) is 2.44. The molecule has 1 unspecified atom stereocenters. The highest BCUT2D eigenvalue weighted by atomic mass is 16.7. The van der Waals surface area contributed by atoms with Gasteiger partial charge in [-0.1, -0.05) is 6.07 Å². The summed E-state index contributed by atoms with van der Waals surface area (Å²) in [6.07, 6.45) is 0. The molecule has 1 atom stereocenters. The molecule has 84 valence electrons. The predicted octanol–water partition coefficient (Wildman–Crippen LogP) is 1.66. The number of ether oxygens (including phenoxy) is 2. The number of hydrogen-bond donors (Lipinski definition) is 1. The molecule has 4 nitrogen and oxygen atoms in total. The summed E-state index contributed by atoms with van der Waals surface area (Å²) in [4.78, 5) is 0. The molecule has 16 heavy (non-hydrogen) atoms. The maximum absolute atomic E-state index is 8.63. The first-order valence-electron chi connectivity index (χ1n) is 5.28. The second-order valence-electron chi connectivity index (χ2n) is 3.85. The molecule has 0 bridgehead atoms. The Balaban J connectivity index is 1.89. The molecule has 2 rings (SSSR count). The highest BCUT2D eigenvalue weighted by molar-refractivity contribution is 5.44. The fraction of sp³-hybridized carbons (Fsp3) is 0.417. The van der Waals surface area contributed by atoms with Crippen LogP contribution in [0, 0.1) is 17.2 Å². The lowest BCUT2D eigenvalue weighted by Gasteiger charge is -2.06. The Kier molecular flexibility index (Phi) is 3.28. The quantitative estimate of drug-likeness (QED) is 0.835. The highest BCUT2D eigenvalue weighted by Crippen LogP contribution is 2.32. The normalized spacial score (nSPS) is 14.5. The van der Waals surface area contributed by atoms with Gasteiger partial charge in [0.05, 0.1) is 12.0 Å². The second-order valence-corrected chi connectivity index (χ2v) is 3.85. The summed E-state index contributed by atoms with van der Waals surface area (Å²) in [6.45, 7) is 3.64. The van der Waals surface area contributed by atoms with Crippen LogP contribution < -0.4 is 14.8 Å². The van der Waals surface area contributed by atoms with Crippen molar-refractivity contribution in [3.05, 3.63) is 23.8 Å². The van der Waals surface area contributed by atoms with Crippen LogP contribution in [-0.2, 0) is 6.54 Å². The van der Waals surface area contributed by atoms with E-state index in [2.05, 4.69) is 11.4 Å². The van der Waals surface area contributed by atoms with Crippen LogP contribution in [0.1, 0.15) is 12.5 Å². The summed E-state index contributed by atoms with van der Waals surface area (Å²) in [7, 11) is 0. The number of nitrogens with zero attached hydrogens (tertiary/aromatic N) is 1. The molecule has 0 aromatic heterocycles. The van der Waals surface area contributed by atoms with Gasteiger partial charge in [0.15, 0.2) is 11.5 Å². The molecule has 0 fully saturated rings. The van der Waals surface area contributed by atoms with Crippen LogP contribution in [0.2, 0.25) is 0 Å². The number of nitriles is 1. The molecule has 0 saturated carbocycles. The van der Waals surface area contributed by atoms with Crippen molar-refractivity contribution in [2.24, 2.45) is 5.92 Å². The summed E-state index contributed by atoms with van der Waals surface area (Å²) in [6, 6.07) is 8.06. The average Bonchev–Trinajstić information content (AvgIpc) is 2.76. The Morgan fingerprint density at radius 2 is 2.25 bits per heavy atom. The van der Waals surface area contributed by atoms with Crippen LogP contribution in [0.15, 0.2) is 18.2 Å². The van der Waals surface area contributed by atoms with Gasteiger partial charge in [0, 0.05) is 13.1 Å². The van der Waals surface area contributed by atoms with Crippen LogP contribution in [0.4, 0.5) is 0 Å². The fourth-order valence-electron chi connectivity index (χ4n) is 1.53. The third-order valence-electron chi connectivity index (χ3n) is 2.44. The molecule has 1 aromatic carbocycles. The van der Waals surface area contributed by atoms with E-state index < -0.39 is 0 Å². The summed E-state index contributed by atoms with van der Waals surface area (Å²) in [5.41, 5.74) is 1.13. The molecule has 1 aromatic rings. The van der Waals surface area contributed by atoms with Crippen LogP contribution in [0.3, 0.4) is 0 Å².